The number of aryl methyl sites for hydroxylation is 1. The summed E-state index contributed by atoms with van der Waals surface area (Å²) in [5, 5.41) is 2.63. The summed E-state index contributed by atoms with van der Waals surface area (Å²) in [7, 11) is -2.10. The molecule has 1 amide bonds. The fourth-order valence-corrected chi connectivity index (χ4v) is 5.68. The predicted octanol–water partition coefficient (Wildman–Crippen LogP) is 2.50. The van der Waals surface area contributed by atoms with Gasteiger partial charge in [-0.3, -0.25) is 4.79 Å². The molecular formula is C20H24N2O7S2. The second-order valence-corrected chi connectivity index (χ2v) is 9.51. The first-order chi connectivity index (χ1) is 14.5. The lowest BCUT2D eigenvalue weighted by Gasteiger charge is -2.14. The largest absolute Gasteiger partial charge is 0.465 e. The number of hydrogen-bond acceptors (Lipinski definition) is 8. The molecule has 0 spiro atoms. The fourth-order valence-electron chi connectivity index (χ4n) is 2.72. The van der Waals surface area contributed by atoms with Crippen LogP contribution in [-0.2, 0) is 30.7 Å². The number of nitrogens with one attached hydrogen (secondary N) is 2. The summed E-state index contributed by atoms with van der Waals surface area (Å²) in [5.41, 5.74) is 1.46. The van der Waals surface area contributed by atoms with Crippen LogP contribution in [0.5, 0.6) is 0 Å². The van der Waals surface area contributed by atoms with E-state index in [4.69, 9.17) is 0 Å². The minimum absolute atomic E-state index is 0.0450. The number of anilines is 1. The summed E-state index contributed by atoms with van der Waals surface area (Å²) >= 11 is 0.574. The molecule has 0 fully saturated rings. The van der Waals surface area contributed by atoms with Crippen LogP contribution < -0.4 is 10.0 Å². The van der Waals surface area contributed by atoms with Crippen LogP contribution in [0.1, 0.15) is 45.0 Å². The molecule has 0 radical (unpaired) electrons. The second kappa shape index (κ2) is 10.0. The summed E-state index contributed by atoms with van der Waals surface area (Å²) in [4.78, 5) is 36.6. The molecule has 0 aliphatic heterocycles. The van der Waals surface area contributed by atoms with Crippen molar-refractivity contribution < 1.29 is 32.3 Å². The van der Waals surface area contributed by atoms with Crippen LogP contribution >= 0.6 is 11.3 Å². The Morgan fingerprint density at radius 1 is 1.06 bits per heavy atom. The number of esters is 2. The lowest BCUT2D eigenvalue weighted by molar-refractivity contribution is -0.117. The van der Waals surface area contributed by atoms with Crippen molar-refractivity contribution in [3.05, 3.63) is 45.8 Å². The van der Waals surface area contributed by atoms with Gasteiger partial charge in [0.15, 0.2) is 4.21 Å². The van der Waals surface area contributed by atoms with Crippen molar-refractivity contribution in [3.8, 4) is 0 Å². The summed E-state index contributed by atoms with van der Waals surface area (Å²) < 4.78 is 37.1. The number of hydrogen-bond donors (Lipinski definition) is 2. The van der Waals surface area contributed by atoms with E-state index >= 15 is 0 Å². The number of benzene rings is 1. The van der Waals surface area contributed by atoms with E-state index < -0.39 is 38.1 Å². The van der Waals surface area contributed by atoms with Crippen molar-refractivity contribution in [2.45, 2.75) is 37.4 Å². The van der Waals surface area contributed by atoms with E-state index in [1.807, 2.05) is 19.1 Å². The van der Waals surface area contributed by atoms with Gasteiger partial charge in [0.2, 0.25) is 5.91 Å². The molecule has 2 aromatic rings. The number of amides is 1. The average molecular weight is 469 g/mol. The third kappa shape index (κ3) is 5.49. The quantitative estimate of drug-likeness (QED) is 0.570. The minimum Gasteiger partial charge on any atom is -0.465 e. The van der Waals surface area contributed by atoms with Gasteiger partial charge in [0.25, 0.3) is 10.0 Å². The number of methoxy groups -OCH3 is 2. The lowest BCUT2D eigenvalue weighted by atomic mass is 10.1. The molecule has 0 bridgehead atoms. The average Bonchev–Trinajstić information content (AvgIpc) is 3.10. The highest BCUT2D eigenvalue weighted by molar-refractivity contribution is 7.91. The van der Waals surface area contributed by atoms with Crippen LogP contribution in [0.4, 0.5) is 5.69 Å². The second-order valence-electron chi connectivity index (χ2n) is 6.58. The van der Waals surface area contributed by atoms with Crippen LogP contribution in [0, 0.1) is 6.92 Å². The summed E-state index contributed by atoms with van der Waals surface area (Å²) in [6.45, 7) is 4.79. The predicted molar refractivity (Wildman–Crippen MR) is 116 cm³/mol. The van der Waals surface area contributed by atoms with E-state index in [9.17, 15) is 22.8 Å². The Hall–Kier alpha value is -2.76. The van der Waals surface area contributed by atoms with Crippen LogP contribution in [0.15, 0.2) is 28.5 Å². The topological polar surface area (TPSA) is 128 Å². The van der Waals surface area contributed by atoms with Crippen molar-refractivity contribution in [2.24, 2.45) is 0 Å². The number of sulfonamides is 1. The van der Waals surface area contributed by atoms with Crippen molar-refractivity contribution in [1.29, 1.82) is 0 Å². The molecule has 0 aliphatic carbocycles. The van der Waals surface area contributed by atoms with E-state index in [2.05, 4.69) is 19.5 Å². The van der Waals surface area contributed by atoms with Crippen molar-refractivity contribution in [1.82, 2.24) is 4.72 Å². The highest BCUT2D eigenvalue weighted by Crippen LogP contribution is 2.33. The maximum absolute atomic E-state index is 13.0. The first-order valence-electron chi connectivity index (χ1n) is 9.27. The molecule has 0 saturated carbocycles. The zero-order chi connectivity index (χ0) is 23.3. The smallest absolute Gasteiger partial charge is 0.348 e. The highest BCUT2D eigenvalue weighted by atomic mass is 32.2. The third-order valence-corrected chi connectivity index (χ3v) is 7.80. The van der Waals surface area contributed by atoms with Crippen LogP contribution in [-0.4, -0.2) is 46.5 Å². The lowest BCUT2D eigenvalue weighted by Crippen LogP contribution is -2.41. The van der Waals surface area contributed by atoms with E-state index in [1.54, 1.807) is 12.1 Å². The van der Waals surface area contributed by atoms with Gasteiger partial charge >= 0.3 is 11.9 Å². The fraction of sp³-hybridized carbons (Fsp3) is 0.350. The molecule has 9 nitrogen and oxygen atoms in total. The number of carbonyl (C=O) groups is 3. The van der Waals surface area contributed by atoms with Crippen LogP contribution in [0.25, 0.3) is 0 Å². The number of rotatable bonds is 8. The monoisotopic (exact) mass is 468 g/mol. The van der Waals surface area contributed by atoms with Gasteiger partial charge in [0.1, 0.15) is 4.88 Å². The van der Waals surface area contributed by atoms with Crippen molar-refractivity contribution in [3.63, 3.8) is 0 Å². The first kappa shape index (κ1) is 24.5. The van der Waals surface area contributed by atoms with Crippen molar-refractivity contribution in [2.75, 3.05) is 19.5 Å². The Bertz CT molecular complexity index is 1090. The molecular weight excluding hydrogens is 444 g/mol. The zero-order valence-electron chi connectivity index (χ0n) is 17.8. The Morgan fingerprint density at radius 3 is 2.16 bits per heavy atom. The molecule has 31 heavy (non-hydrogen) atoms. The standard InChI is InChI=1S/C20H24N2O7S2/c1-6-13-7-9-14(10-8-13)21-17(23)12(3)22-31(26,27)20-15(18(24)28-4)11(2)16(30-20)19(25)29-5/h7-10,12,22H,6H2,1-5H3,(H,21,23). The number of ether oxygens (including phenoxy) is 2. The normalized spacial score (nSPS) is 12.2. The first-order valence-corrected chi connectivity index (χ1v) is 11.6. The molecule has 1 aromatic heterocycles. The van der Waals surface area contributed by atoms with Gasteiger partial charge < -0.3 is 14.8 Å². The third-order valence-electron chi connectivity index (χ3n) is 4.47. The van der Waals surface area contributed by atoms with Gasteiger partial charge in [-0.25, -0.2) is 18.0 Å². The Kier molecular flexibility index (Phi) is 7.93. The van der Waals surface area contributed by atoms with Gasteiger partial charge in [-0.1, -0.05) is 19.1 Å². The molecule has 1 atom stereocenters. The molecule has 2 N–H and O–H groups in total. The number of thiophene rings is 1. The maximum atomic E-state index is 13.0. The maximum Gasteiger partial charge on any atom is 0.348 e. The summed E-state index contributed by atoms with van der Waals surface area (Å²) in [6, 6.07) is 5.99. The van der Waals surface area contributed by atoms with Crippen LogP contribution in [0.2, 0.25) is 0 Å². The number of carbonyl (C=O) groups excluding carboxylic acids is 3. The van der Waals surface area contributed by atoms with E-state index in [0.717, 1.165) is 26.2 Å². The molecule has 1 aromatic carbocycles. The SMILES string of the molecule is CCc1ccc(NC(=O)C(C)NS(=O)(=O)c2sc(C(=O)OC)c(C)c2C(=O)OC)cc1. The molecule has 1 heterocycles. The molecule has 2 rings (SSSR count). The molecule has 0 saturated heterocycles. The van der Waals surface area contributed by atoms with Gasteiger partial charge in [0, 0.05) is 5.69 Å². The molecule has 0 aliphatic rings. The van der Waals surface area contributed by atoms with Gasteiger partial charge in [0.05, 0.1) is 25.8 Å². The van der Waals surface area contributed by atoms with Crippen molar-refractivity contribution >= 4 is 44.9 Å². The Labute approximate surface area is 184 Å². The summed E-state index contributed by atoms with van der Waals surface area (Å²) in [6.07, 6.45) is 0.848. The summed E-state index contributed by atoms with van der Waals surface area (Å²) in [5.74, 6) is -2.29. The van der Waals surface area contributed by atoms with Gasteiger partial charge in [-0.15, -0.1) is 11.3 Å². The highest BCUT2D eigenvalue weighted by Gasteiger charge is 2.34. The van der Waals surface area contributed by atoms with Gasteiger partial charge in [-0.2, -0.15) is 4.72 Å². The molecule has 168 valence electrons. The van der Waals surface area contributed by atoms with E-state index in [-0.39, 0.29) is 16.0 Å². The van der Waals surface area contributed by atoms with Crippen LogP contribution in [0.3, 0.4) is 0 Å². The van der Waals surface area contributed by atoms with Gasteiger partial charge in [-0.05, 0) is 43.5 Å². The minimum atomic E-state index is -4.34. The zero-order valence-corrected chi connectivity index (χ0v) is 19.4. The Morgan fingerprint density at radius 2 is 1.65 bits per heavy atom. The molecule has 11 heteroatoms. The molecule has 1 unspecified atom stereocenters. The van der Waals surface area contributed by atoms with E-state index in [0.29, 0.717) is 17.0 Å². The Balaban J connectivity index is 2.30. The van der Waals surface area contributed by atoms with E-state index in [1.165, 1.54) is 13.8 Å².